The van der Waals surface area contributed by atoms with Crippen molar-refractivity contribution in [1.82, 2.24) is 0 Å². The zero-order valence-corrected chi connectivity index (χ0v) is 11.5. The lowest BCUT2D eigenvalue weighted by molar-refractivity contribution is 0.512. The van der Waals surface area contributed by atoms with Gasteiger partial charge in [0.15, 0.2) is 0 Å². The van der Waals surface area contributed by atoms with E-state index in [1.807, 2.05) is 24.3 Å². The van der Waals surface area contributed by atoms with Crippen LogP contribution in [-0.2, 0) is 16.3 Å². The van der Waals surface area contributed by atoms with Crippen LogP contribution in [0.5, 0.6) is 0 Å². The lowest BCUT2D eigenvalue weighted by Gasteiger charge is -2.14. The SMILES string of the molecule is CS(=O)(=O)CCC(CN)Cc1ccc(Cl)cc1. The van der Waals surface area contributed by atoms with E-state index < -0.39 is 9.84 Å². The quantitative estimate of drug-likeness (QED) is 0.862. The number of sulfone groups is 1. The van der Waals surface area contributed by atoms with E-state index in [1.165, 1.54) is 6.26 Å². The number of rotatable bonds is 6. The molecule has 0 aliphatic rings. The van der Waals surface area contributed by atoms with E-state index in [-0.39, 0.29) is 11.7 Å². The second kappa shape index (κ2) is 6.38. The van der Waals surface area contributed by atoms with Crippen molar-refractivity contribution < 1.29 is 8.42 Å². The summed E-state index contributed by atoms with van der Waals surface area (Å²) in [6, 6.07) is 7.57. The molecule has 2 N–H and O–H groups in total. The summed E-state index contributed by atoms with van der Waals surface area (Å²) in [5.74, 6) is 0.397. The monoisotopic (exact) mass is 275 g/mol. The summed E-state index contributed by atoms with van der Waals surface area (Å²) in [6.07, 6.45) is 2.66. The molecule has 3 nitrogen and oxygen atoms in total. The van der Waals surface area contributed by atoms with Crippen LogP contribution in [0.2, 0.25) is 5.02 Å². The molecule has 0 aliphatic carbocycles. The Bertz CT molecular complexity index is 442. The van der Waals surface area contributed by atoms with Gasteiger partial charge in [-0.25, -0.2) is 8.42 Å². The van der Waals surface area contributed by atoms with Gasteiger partial charge in [0.2, 0.25) is 0 Å². The standard InChI is InChI=1S/C12H18ClNO2S/c1-17(15,16)7-6-11(9-14)8-10-2-4-12(13)5-3-10/h2-5,11H,6-9,14H2,1H3. The topological polar surface area (TPSA) is 60.2 Å². The van der Waals surface area contributed by atoms with Crippen LogP contribution >= 0.6 is 11.6 Å². The van der Waals surface area contributed by atoms with E-state index in [0.717, 1.165) is 12.0 Å². The predicted molar refractivity (Wildman–Crippen MR) is 72.0 cm³/mol. The van der Waals surface area contributed by atoms with Crippen molar-refractivity contribution in [1.29, 1.82) is 0 Å². The molecule has 5 heteroatoms. The molecule has 0 amide bonds. The largest absolute Gasteiger partial charge is 0.330 e. The fourth-order valence-electron chi connectivity index (χ4n) is 1.64. The van der Waals surface area contributed by atoms with Crippen molar-refractivity contribution in [3.8, 4) is 0 Å². The van der Waals surface area contributed by atoms with Gasteiger partial charge in [-0.1, -0.05) is 23.7 Å². The van der Waals surface area contributed by atoms with Crippen molar-refractivity contribution >= 4 is 21.4 Å². The lowest BCUT2D eigenvalue weighted by Crippen LogP contribution is -2.20. The second-order valence-corrected chi connectivity index (χ2v) is 7.05. The van der Waals surface area contributed by atoms with E-state index in [1.54, 1.807) is 0 Å². The number of hydrogen-bond acceptors (Lipinski definition) is 3. The molecular formula is C12H18ClNO2S. The highest BCUT2D eigenvalue weighted by atomic mass is 35.5. The Morgan fingerprint density at radius 3 is 2.35 bits per heavy atom. The molecule has 1 aromatic carbocycles. The minimum absolute atomic E-state index is 0.197. The van der Waals surface area contributed by atoms with Gasteiger partial charge in [0.05, 0.1) is 5.75 Å². The predicted octanol–water partition coefficient (Wildman–Crippen LogP) is 1.89. The third kappa shape index (κ3) is 6.05. The number of benzene rings is 1. The average Bonchev–Trinajstić information content (AvgIpc) is 2.25. The van der Waals surface area contributed by atoms with Crippen LogP contribution in [0.1, 0.15) is 12.0 Å². The van der Waals surface area contributed by atoms with Crippen molar-refractivity contribution in [2.24, 2.45) is 11.7 Å². The Morgan fingerprint density at radius 2 is 1.88 bits per heavy atom. The highest BCUT2D eigenvalue weighted by Gasteiger charge is 2.11. The fourth-order valence-corrected chi connectivity index (χ4v) is 2.53. The minimum Gasteiger partial charge on any atom is -0.330 e. The molecule has 1 unspecified atom stereocenters. The van der Waals surface area contributed by atoms with E-state index in [9.17, 15) is 8.42 Å². The molecule has 0 fully saturated rings. The maximum absolute atomic E-state index is 11.1. The van der Waals surface area contributed by atoms with Gasteiger partial charge < -0.3 is 5.73 Å². The Balaban J connectivity index is 2.55. The number of nitrogens with two attached hydrogens (primary N) is 1. The van der Waals surface area contributed by atoms with Crippen LogP contribution in [0.4, 0.5) is 0 Å². The van der Waals surface area contributed by atoms with Crippen LogP contribution in [0.25, 0.3) is 0 Å². The van der Waals surface area contributed by atoms with Gasteiger partial charge >= 0.3 is 0 Å². The molecule has 0 saturated heterocycles. The van der Waals surface area contributed by atoms with Gasteiger partial charge in [0, 0.05) is 11.3 Å². The molecule has 0 aliphatic heterocycles. The Labute approximate surface area is 108 Å². The highest BCUT2D eigenvalue weighted by Crippen LogP contribution is 2.15. The van der Waals surface area contributed by atoms with Crippen LogP contribution in [0, 0.1) is 5.92 Å². The summed E-state index contributed by atoms with van der Waals surface area (Å²) in [6.45, 7) is 0.498. The third-order valence-corrected chi connectivity index (χ3v) is 3.90. The zero-order valence-electron chi connectivity index (χ0n) is 9.90. The van der Waals surface area contributed by atoms with Crippen molar-refractivity contribution in [2.75, 3.05) is 18.6 Å². The first-order valence-corrected chi connectivity index (χ1v) is 7.97. The van der Waals surface area contributed by atoms with Gasteiger partial charge in [-0.05, 0) is 43.0 Å². The van der Waals surface area contributed by atoms with Crippen LogP contribution in [0.15, 0.2) is 24.3 Å². The molecule has 1 aromatic rings. The first-order valence-electron chi connectivity index (χ1n) is 5.53. The molecule has 96 valence electrons. The summed E-state index contributed by atoms with van der Waals surface area (Å²) >= 11 is 5.80. The molecule has 17 heavy (non-hydrogen) atoms. The summed E-state index contributed by atoms with van der Waals surface area (Å²) in [5, 5.41) is 0.703. The van der Waals surface area contributed by atoms with Gasteiger partial charge in [-0.15, -0.1) is 0 Å². The maximum atomic E-state index is 11.1. The van der Waals surface area contributed by atoms with Gasteiger partial charge in [-0.3, -0.25) is 0 Å². The molecule has 0 bridgehead atoms. The summed E-state index contributed by atoms with van der Waals surface area (Å²) in [5.41, 5.74) is 6.80. The molecule has 0 spiro atoms. The molecule has 1 atom stereocenters. The van der Waals surface area contributed by atoms with E-state index in [0.29, 0.717) is 18.0 Å². The molecule has 0 radical (unpaired) electrons. The minimum atomic E-state index is -2.90. The second-order valence-electron chi connectivity index (χ2n) is 4.35. The van der Waals surface area contributed by atoms with Crippen LogP contribution in [0.3, 0.4) is 0 Å². The molecule has 0 aromatic heterocycles. The molecule has 0 saturated carbocycles. The first kappa shape index (κ1) is 14.5. The highest BCUT2D eigenvalue weighted by molar-refractivity contribution is 7.90. The average molecular weight is 276 g/mol. The fraction of sp³-hybridized carbons (Fsp3) is 0.500. The smallest absolute Gasteiger partial charge is 0.147 e. The van der Waals surface area contributed by atoms with E-state index in [2.05, 4.69) is 0 Å². The zero-order chi connectivity index (χ0) is 12.9. The van der Waals surface area contributed by atoms with Gasteiger partial charge in [0.1, 0.15) is 9.84 Å². The third-order valence-electron chi connectivity index (χ3n) is 2.67. The molecule has 0 heterocycles. The van der Waals surface area contributed by atoms with Gasteiger partial charge in [0.25, 0.3) is 0 Å². The van der Waals surface area contributed by atoms with Crippen LogP contribution in [-0.4, -0.2) is 27.0 Å². The maximum Gasteiger partial charge on any atom is 0.147 e. The number of halogens is 1. The first-order chi connectivity index (χ1) is 7.90. The summed E-state index contributed by atoms with van der Waals surface area (Å²) in [7, 11) is -2.90. The molecule has 1 rings (SSSR count). The lowest BCUT2D eigenvalue weighted by atomic mass is 9.97. The Hall–Kier alpha value is -0.580. The normalized spacial score (nSPS) is 13.6. The van der Waals surface area contributed by atoms with Crippen LogP contribution < -0.4 is 5.73 Å². The van der Waals surface area contributed by atoms with Crippen molar-refractivity contribution in [3.05, 3.63) is 34.9 Å². The molecular weight excluding hydrogens is 258 g/mol. The number of hydrogen-bond donors (Lipinski definition) is 1. The van der Waals surface area contributed by atoms with Crippen molar-refractivity contribution in [2.45, 2.75) is 12.8 Å². The Morgan fingerprint density at radius 1 is 1.29 bits per heavy atom. The Kier molecular flexibility index (Phi) is 5.43. The van der Waals surface area contributed by atoms with E-state index in [4.69, 9.17) is 17.3 Å². The summed E-state index contributed by atoms with van der Waals surface area (Å²) in [4.78, 5) is 0. The van der Waals surface area contributed by atoms with Crippen molar-refractivity contribution in [3.63, 3.8) is 0 Å². The van der Waals surface area contributed by atoms with Gasteiger partial charge in [-0.2, -0.15) is 0 Å². The summed E-state index contributed by atoms with van der Waals surface area (Å²) < 4.78 is 22.2. The van der Waals surface area contributed by atoms with E-state index >= 15 is 0 Å².